The maximum absolute atomic E-state index is 14.1. The fourth-order valence-electron chi connectivity index (χ4n) is 9.10. The molecule has 2 N–H and O–H groups in total. The molecule has 41 heavy (non-hydrogen) atoms. The van der Waals surface area contributed by atoms with Crippen molar-refractivity contribution in [1.29, 1.82) is 0 Å². The lowest BCUT2D eigenvalue weighted by molar-refractivity contribution is -0.347. The summed E-state index contributed by atoms with van der Waals surface area (Å²) < 4.78 is 34.4. The number of esters is 3. The van der Waals surface area contributed by atoms with E-state index in [2.05, 4.69) is 0 Å². The number of ether oxygens (including phenoxy) is 5. The summed E-state index contributed by atoms with van der Waals surface area (Å²) in [5, 5.41) is 25.3. The smallest absolute Gasteiger partial charge is 0.339 e. The van der Waals surface area contributed by atoms with Crippen molar-refractivity contribution in [1.82, 2.24) is 0 Å². The van der Waals surface area contributed by atoms with Crippen molar-refractivity contribution >= 4 is 23.7 Å². The number of cyclic esters (lactones) is 1. The second-order valence-corrected chi connectivity index (χ2v) is 12.9. The Morgan fingerprint density at radius 1 is 1.10 bits per heavy atom. The van der Waals surface area contributed by atoms with E-state index < -0.39 is 86.8 Å². The third kappa shape index (κ3) is 2.76. The molecule has 6 rings (SSSR count). The zero-order valence-electron chi connectivity index (χ0n) is 23.9. The molecule has 1 aromatic heterocycles. The highest BCUT2D eigenvalue weighted by molar-refractivity contribution is 6.00. The highest BCUT2D eigenvalue weighted by Crippen LogP contribution is 2.84. The average Bonchev–Trinajstić information content (AvgIpc) is 3.39. The van der Waals surface area contributed by atoms with Gasteiger partial charge in [-0.1, -0.05) is 19.9 Å². The molecule has 12 nitrogen and oxygen atoms in total. The van der Waals surface area contributed by atoms with E-state index in [1.165, 1.54) is 53.4 Å². The third-order valence-corrected chi connectivity index (χ3v) is 10.9. The van der Waals surface area contributed by atoms with Gasteiger partial charge >= 0.3 is 17.9 Å². The molecule has 4 heterocycles. The molecule has 5 fully saturated rings. The Hall–Kier alpha value is -3.06. The van der Waals surface area contributed by atoms with Crippen LogP contribution in [0.5, 0.6) is 0 Å². The minimum atomic E-state index is -2.63. The van der Waals surface area contributed by atoms with Crippen molar-refractivity contribution in [3.05, 3.63) is 36.3 Å². The number of carbonyl (C=O) groups is 4. The molecule has 10 atom stereocenters. The van der Waals surface area contributed by atoms with Gasteiger partial charge < -0.3 is 38.3 Å². The Morgan fingerprint density at radius 2 is 1.78 bits per heavy atom. The number of hydrogen-bond acceptors (Lipinski definition) is 12. The Morgan fingerprint density at radius 3 is 2.37 bits per heavy atom. The zero-order valence-corrected chi connectivity index (χ0v) is 23.9. The van der Waals surface area contributed by atoms with Gasteiger partial charge in [0.1, 0.15) is 23.4 Å². The van der Waals surface area contributed by atoms with E-state index in [1.807, 2.05) is 0 Å². The lowest BCUT2D eigenvalue weighted by atomic mass is 9.44. The van der Waals surface area contributed by atoms with E-state index in [1.54, 1.807) is 19.9 Å². The van der Waals surface area contributed by atoms with Crippen molar-refractivity contribution in [3.8, 4) is 0 Å². The van der Waals surface area contributed by atoms with Crippen molar-refractivity contribution in [2.45, 2.75) is 88.9 Å². The highest BCUT2D eigenvalue weighted by atomic mass is 16.7. The van der Waals surface area contributed by atoms with Crippen molar-refractivity contribution < 1.29 is 57.5 Å². The minimum absolute atomic E-state index is 0.0278. The van der Waals surface area contributed by atoms with Crippen LogP contribution in [-0.4, -0.2) is 75.8 Å². The normalized spacial score (nSPS) is 49.0. The Bertz CT molecular complexity index is 1400. The van der Waals surface area contributed by atoms with Crippen LogP contribution in [0.2, 0.25) is 0 Å². The van der Waals surface area contributed by atoms with Gasteiger partial charge in [0.2, 0.25) is 11.6 Å². The fourth-order valence-corrected chi connectivity index (χ4v) is 9.10. The molecule has 1 aromatic rings. The molecule has 1 spiro atoms. The summed E-state index contributed by atoms with van der Waals surface area (Å²) in [7, 11) is 1.18. The van der Waals surface area contributed by atoms with E-state index >= 15 is 0 Å². The Balaban J connectivity index is 1.67. The number of carbonyl (C=O) groups excluding carboxylic acids is 4. The van der Waals surface area contributed by atoms with Gasteiger partial charge in [-0.15, -0.1) is 0 Å². The summed E-state index contributed by atoms with van der Waals surface area (Å²) in [4.78, 5) is 52.3. The number of aliphatic hydroxyl groups is 2. The highest BCUT2D eigenvalue weighted by Gasteiger charge is 2.99. The first-order valence-electron chi connectivity index (χ1n) is 13.5. The van der Waals surface area contributed by atoms with Crippen LogP contribution >= 0.6 is 0 Å². The molecule has 5 aliphatic rings. The first-order chi connectivity index (χ1) is 18.9. The summed E-state index contributed by atoms with van der Waals surface area (Å²) in [5.41, 5.74) is -10.3. The minimum Gasteiger partial charge on any atom is -0.472 e. The Labute approximate surface area is 235 Å². The summed E-state index contributed by atoms with van der Waals surface area (Å²) in [6.07, 6.45) is 1.88. The van der Waals surface area contributed by atoms with Gasteiger partial charge in [-0.3, -0.25) is 9.59 Å². The molecular weight excluding hydrogens is 540 g/mol. The lowest BCUT2D eigenvalue weighted by Crippen LogP contribution is -2.73. The van der Waals surface area contributed by atoms with Gasteiger partial charge in [0, 0.05) is 24.0 Å². The monoisotopic (exact) mass is 574 g/mol. The van der Waals surface area contributed by atoms with Gasteiger partial charge in [-0.05, 0) is 39.2 Å². The molecule has 0 radical (unpaired) electrons. The number of methoxy groups -OCH3 is 1. The predicted octanol–water partition coefficient (Wildman–Crippen LogP) is 1.53. The fraction of sp³-hybridized carbons (Fsp3) is 0.655. The van der Waals surface area contributed by atoms with Crippen molar-refractivity contribution in [2.75, 3.05) is 7.11 Å². The van der Waals surface area contributed by atoms with Gasteiger partial charge in [0.05, 0.1) is 30.5 Å². The molecule has 0 unspecified atom stereocenters. The second kappa shape index (κ2) is 7.85. The van der Waals surface area contributed by atoms with Crippen molar-refractivity contribution in [2.24, 2.45) is 22.2 Å². The van der Waals surface area contributed by atoms with E-state index in [9.17, 15) is 29.4 Å². The number of epoxide rings is 1. The maximum atomic E-state index is 14.1. The largest absolute Gasteiger partial charge is 0.472 e. The van der Waals surface area contributed by atoms with Crippen molar-refractivity contribution in [3.63, 3.8) is 0 Å². The summed E-state index contributed by atoms with van der Waals surface area (Å²) in [5.74, 6) is -6.49. The zero-order chi connectivity index (χ0) is 30.2. The van der Waals surface area contributed by atoms with Crippen LogP contribution in [0.25, 0.3) is 0 Å². The van der Waals surface area contributed by atoms with Gasteiger partial charge in [-0.25, -0.2) is 9.59 Å². The quantitative estimate of drug-likeness (QED) is 0.230. The van der Waals surface area contributed by atoms with Gasteiger partial charge in [0.15, 0.2) is 11.7 Å². The van der Waals surface area contributed by atoms with Crippen LogP contribution < -0.4 is 0 Å². The number of fused-ring (bicyclic) bond motifs is 3. The van der Waals surface area contributed by atoms with Crippen LogP contribution in [0.15, 0.2) is 35.2 Å². The molecule has 0 bridgehead atoms. The van der Waals surface area contributed by atoms with E-state index in [4.69, 9.17) is 28.1 Å². The van der Waals surface area contributed by atoms with Crippen LogP contribution in [0.1, 0.15) is 59.6 Å². The summed E-state index contributed by atoms with van der Waals surface area (Å²) in [6.45, 7) is 8.99. The topological polar surface area (TPSA) is 171 Å². The molecule has 12 heteroatoms. The summed E-state index contributed by atoms with van der Waals surface area (Å²) in [6, 6.07) is 1.61. The number of Topliss-reactive ketones (excluding diaryl/α,β-unsaturated/α-hetero) is 1. The van der Waals surface area contributed by atoms with E-state index in [0.29, 0.717) is 5.56 Å². The average molecular weight is 575 g/mol. The first kappa shape index (κ1) is 28.1. The SMILES string of the molecule is COC(=O)/C=C\[C@]1(C)[C@H]2C[C@@H](OC(C)=O)[C@@]3(C)[C@H](c4ccoc4)OC(=O)[C@H]4O[C@]43[C@]2(C)[C@]2(O)OC(C)(C)C(=O)[C@]21O. The molecule has 222 valence electrons. The molecule has 2 saturated carbocycles. The molecule has 3 aliphatic heterocycles. The standard InChI is InChI=1S/C29H34O12/c1-14(30)38-17-12-16-24(4,10-8-18(31)36-7)27(34)22(33)23(2,3)41-29(27,35)26(16,6)28-20(40-28)21(32)39-19(25(17,28)5)15-9-11-37-13-15/h8-11,13,16-17,19-20,34-35H,12H2,1-7H3/b10-8-/t16-,17-,19+,20-,24-,25+,26-,27-,28-,29+/m1/s1. The van der Waals surface area contributed by atoms with Crippen LogP contribution in [0.4, 0.5) is 0 Å². The van der Waals surface area contributed by atoms with Crippen LogP contribution in [-0.2, 0) is 42.9 Å². The number of rotatable bonds is 4. The maximum Gasteiger partial charge on any atom is 0.339 e. The number of hydrogen-bond donors (Lipinski definition) is 2. The van der Waals surface area contributed by atoms with E-state index in [-0.39, 0.29) is 6.42 Å². The van der Waals surface area contributed by atoms with Crippen LogP contribution in [0, 0.1) is 22.2 Å². The molecular formula is C29H34O12. The van der Waals surface area contributed by atoms with Crippen LogP contribution in [0.3, 0.4) is 0 Å². The van der Waals surface area contributed by atoms with Gasteiger partial charge in [-0.2, -0.15) is 0 Å². The van der Waals surface area contributed by atoms with Gasteiger partial charge in [0.25, 0.3) is 0 Å². The second-order valence-electron chi connectivity index (χ2n) is 12.9. The molecule has 0 amide bonds. The van der Waals surface area contributed by atoms with E-state index in [0.717, 1.165) is 6.08 Å². The molecule has 0 aromatic carbocycles. The summed E-state index contributed by atoms with van der Waals surface area (Å²) >= 11 is 0. The molecule has 2 aliphatic carbocycles. The molecule has 3 saturated heterocycles. The third-order valence-electron chi connectivity index (χ3n) is 10.9. The first-order valence-corrected chi connectivity index (χ1v) is 13.5. The lowest BCUT2D eigenvalue weighted by Gasteiger charge is -2.61. The number of ketones is 1. The Kier molecular flexibility index (Phi) is 5.38. The predicted molar refractivity (Wildman–Crippen MR) is 134 cm³/mol. The number of furan rings is 1.